The van der Waals surface area contributed by atoms with Crippen LogP contribution >= 0.6 is 11.8 Å². The molecule has 162 valence electrons. The first kappa shape index (κ1) is 21.8. The molecule has 0 aliphatic carbocycles. The molecule has 0 spiro atoms. The van der Waals surface area contributed by atoms with Crippen molar-refractivity contribution in [3.63, 3.8) is 0 Å². The van der Waals surface area contributed by atoms with Crippen molar-refractivity contribution in [2.24, 2.45) is 0 Å². The van der Waals surface area contributed by atoms with Gasteiger partial charge >= 0.3 is 0 Å². The molecule has 5 nitrogen and oxygen atoms in total. The lowest BCUT2D eigenvalue weighted by molar-refractivity contribution is -0.127. The zero-order valence-electron chi connectivity index (χ0n) is 18.4. The molecule has 3 aromatic carbocycles. The summed E-state index contributed by atoms with van der Waals surface area (Å²) >= 11 is 1.29. The van der Waals surface area contributed by atoms with Crippen molar-refractivity contribution in [1.29, 1.82) is 0 Å². The van der Waals surface area contributed by atoms with Crippen LogP contribution in [0.25, 0.3) is 16.6 Å². The van der Waals surface area contributed by atoms with Gasteiger partial charge in [0.25, 0.3) is 5.56 Å². The normalized spacial score (nSPS) is 11.0. The minimum absolute atomic E-state index is 0.0197. The largest absolute Gasteiger partial charge is 0.341 e. The predicted octanol–water partition coefficient (Wildman–Crippen LogP) is 4.75. The number of aryl methyl sites for hydroxylation is 2. The van der Waals surface area contributed by atoms with Gasteiger partial charge in [-0.1, -0.05) is 66.4 Å². The lowest BCUT2D eigenvalue weighted by atomic mass is 10.1. The Morgan fingerprint density at radius 1 is 1.00 bits per heavy atom. The second kappa shape index (κ2) is 9.40. The molecule has 4 rings (SSSR count). The zero-order chi connectivity index (χ0) is 22.7. The summed E-state index contributed by atoms with van der Waals surface area (Å²) in [7, 11) is 1.79. The number of para-hydroxylation sites is 1. The van der Waals surface area contributed by atoms with Gasteiger partial charge in [-0.2, -0.15) is 0 Å². The van der Waals surface area contributed by atoms with Gasteiger partial charge in [-0.3, -0.25) is 14.2 Å². The van der Waals surface area contributed by atoms with Gasteiger partial charge in [0.1, 0.15) is 0 Å². The maximum absolute atomic E-state index is 13.4. The first-order valence-corrected chi connectivity index (χ1v) is 11.4. The number of carbonyl (C=O) groups excluding carboxylic acids is 1. The number of hydrogen-bond acceptors (Lipinski definition) is 4. The molecule has 0 saturated heterocycles. The van der Waals surface area contributed by atoms with Crippen LogP contribution in [0.15, 0.2) is 82.7 Å². The van der Waals surface area contributed by atoms with Crippen molar-refractivity contribution in [3.05, 3.63) is 99.8 Å². The molecular weight excluding hydrogens is 418 g/mol. The first-order valence-electron chi connectivity index (χ1n) is 10.4. The average molecular weight is 444 g/mol. The monoisotopic (exact) mass is 443 g/mol. The van der Waals surface area contributed by atoms with Gasteiger partial charge in [0, 0.05) is 13.6 Å². The molecular formula is C26H25N3O2S. The van der Waals surface area contributed by atoms with E-state index in [-0.39, 0.29) is 17.2 Å². The fraction of sp³-hybridized carbons (Fsp3) is 0.192. The molecule has 6 heteroatoms. The third-order valence-corrected chi connectivity index (χ3v) is 6.29. The lowest BCUT2D eigenvalue weighted by Crippen LogP contribution is -2.28. The summed E-state index contributed by atoms with van der Waals surface area (Å²) < 4.78 is 1.64. The van der Waals surface area contributed by atoms with Crippen LogP contribution in [0.1, 0.15) is 16.7 Å². The second-order valence-electron chi connectivity index (χ2n) is 7.87. The number of hydrogen-bond donors (Lipinski definition) is 0. The van der Waals surface area contributed by atoms with Crippen molar-refractivity contribution in [2.75, 3.05) is 12.8 Å². The quantitative estimate of drug-likeness (QED) is 0.319. The van der Waals surface area contributed by atoms with Gasteiger partial charge in [-0.25, -0.2) is 4.98 Å². The van der Waals surface area contributed by atoms with Gasteiger partial charge in [0.05, 0.1) is 22.3 Å². The zero-order valence-corrected chi connectivity index (χ0v) is 19.2. The Balaban J connectivity index is 1.68. The average Bonchev–Trinajstić information content (AvgIpc) is 2.80. The van der Waals surface area contributed by atoms with Crippen LogP contribution in [-0.2, 0) is 11.3 Å². The van der Waals surface area contributed by atoms with Crippen LogP contribution < -0.4 is 5.56 Å². The number of aromatic nitrogens is 2. The Kier molecular flexibility index (Phi) is 6.42. The van der Waals surface area contributed by atoms with Crippen LogP contribution in [-0.4, -0.2) is 33.2 Å². The number of nitrogens with zero attached hydrogens (tertiary/aromatic N) is 3. The molecule has 0 radical (unpaired) electrons. The first-order chi connectivity index (χ1) is 15.4. The van der Waals surface area contributed by atoms with Crippen LogP contribution in [0.5, 0.6) is 0 Å². The molecule has 1 amide bonds. The van der Waals surface area contributed by atoms with Gasteiger partial charge < -0.3 is 4.90 Å². The topological polar surface area (TPSA) is 55.2 Å². The summed E-state index contributed by atoms with van der Waals surface area (Å²) in [5.41, 5.74) is 4.40. The van der Waals surface area contributed by atoms with Gasteiger partial charge in [0.15, 0.2) is 5.16 Å². The number of amides is 1. The van der Waals surface area contributed by atoms with Crippen LogP contribution in [0.4, 0.5) is 0 Å². The summed E-state index contributed by atoms with van der Waals surface area (Å²) in [5, 5.41) is 1.08. The summed E-state index contributed by atoms with van der Waals surface area (Å²) in [6, 6.07) is 23.2. The van der Waals surface area contributed by atoms with Gasteiger partial charge in [0.2, 0.25) is 5.91 Å². The van der Waals surface area contributed by atoms with E-state index in [0.29, 0.717) is 22.6 Å². The highest BCUT2D eigenvalue weighted by Gasteiger charge is 2.17. The SMILES string of the molecule is Cc1ccc(C)c(-n2c(SCC(=O)N(C)Cc3ccccc3)nc3ccccc3c2=O)c1. The molecule has 4 aromatic rings. The number of benzene rings is 3. The molecule has 0 aliphatic rings. The molecule has 0 unspecified atom stereocenters. The molecule has 1 heterocycles. The highest BCUT2D eigenvalue weighted by molar-refractivity contribution is 7.99. The van der Waals surface area contributed by atoms with Crippen LogP contribution in [0.2, 0.25) is 0 Å². The Bertz CT molecular complexity index is 1330. The fourth-order valence-corrected chi connectivity index (χ4v) is 4.51. The van der Waals surface area contributed by atoms with Crippen molar-refractivity contribution in [3.8, 4) is 5.69 Å². The number of carbonyl (C=O) groups is 1. The third-order valence-electron chi connectivity index (χ3n) is 5.36. The van der Waals surface area contributed by atoms with Crippen LogP contribution in [0, 0.1) is 13.8 Å². The Morgan fingerprint density at radius 3 is 2.50 bits per heavy atom. The van der Waals surface area contributed by atoms with E-state index in [2.05, 4.69) is 0 Å². The van der Waals surface area contributed by atoms with Crippen molar-refractivity contribution in [2.45, 2.75) is 25.5 Å². The standard InChI is InChI=1S/C26H25N3O2S/c1-18-13-14-19(2)23(15-18)29-25(31)21-11-7-8-12-22(21)27-26(29)32-17-24(30)28(3)16-20-9-5-4-6-10-20/h4-15H,16-17H2,1-3H3. The number of rotatable bonds is 6. The molecule has 0 bridgehead atoms. The van der Waals surface area contributed by atoms with Gasteiger partial charge in [-0.15, -0.1) is 0 Å². The van der Waals surface area contributed by atoms with Gasteiger partial charge in [-0.05, 0) is 48.7 Å². The summed E-state index contributed by atoms with van der Waals surface area (Å²) in [6.45, 7) is 4.51. The molecule has 0 aliphatic heterocycles. The lowest BCUT2D eigenvalue weighted by Gasteiger charge is -2.19. The minimum atomic E-state index is -0.128. The third kappa shape index (κ3) is 4.60. The second-order valence-corrected chi connectivity index (χ2v) is 8.81. The summed E-state index contributed by atoms with van der Waals surface area (Å²) in [5.74, 6) is 0.174. The smallest absolute Gasteiger partial charge is 0.266 e. The van der Waals surface area contributed by atoms with E-state index in [9.17, 15) is 9.59 Å². The molecule has 0 fully saturated rings. The summed E-state index contributed by atoms with van der Waals surface area (Å²) in [6.07, 6.45) is 0. The highest BCUT2D eigenvalue weighted by atomic mass is 32.2. The Labute approximate surface area is 191 Å². The predicted molar refractivity (Wildman–Crippen MR) is 130 cm³/mol. The van der Waals surface area contributed by atoms with Crippen molar-refractivity contribution in [1.82, 2.24) is 14.5 Å². The molecule has 0 N–H and O–H groups in total. The van der Waals surface area contributed by atoms with E-state index >= 15 is 0 Å². The van der Waals surface area contributed by atoms with E-state index in [1.54, 1.807) is 22.6 Å². The Morgan fingerprint density at radius 2 is 1.72 bits per heavy atom. The molecule has 32 heavy (non-hydrogen) atoms. The molecule has 0 atom stereocenters. The van der Waals surface area contributed by atoms with Crippen molar-refractivity contribution < 1.29 is 4.79 Å². The highest BCUT2D eigenvalue weighted by Crippen LogP contribution is 2.24. The van der Waals surface area contributed by atoms with E-state index in [1.165, 1.54) is 11.8 Å². The molecule has 1 aromatic heterocycles. The maximum atomic E-state index is 13.4. The van der Waals surface area contributed by atoms with E-state index in [1.807, 2.05) is 80.6 Å². The summed E-state index contributed by atoms with van der Waals surface area (Å²) in [4.78, 5) is 32.7. The Hall–Kier alpha value is -3.38. The van der Waals surface area contributed by atoms with Crippen molar-refractivity contribution >= 4 is 28.6 Å². The number of thioether (sulfide) groups is 1. The van der Waals surface area contributed by atoms with E-state index < -0.39 is 0 Å². The molecule has 0 saturated carbocycles. The maximum Gasteiger partial charge on any atom is 0.266 e. The number of fused-ring (bicyclic) bond motifs is 1. The van der Waals surface area contributed by atoms with E-state index in [4.69, 9.17) is 4.98 Å². The van der Waals surface area contributed by atoms with E-state index in [0.717, 1.165) is 22.4 Å². The van der Waals surface area contributed by atoms with Crippen LogP contribution in [0.3, 0.4) is 0 Å². The fourth-order valence-electron chi connectivity index (χ4n) is 3.56. The minimum Gasteiger partial charge on any atom is -0.341 e.